The van der Waals surface area contributed by atoms with Gasteiger partial charge in [0, 0.05) is 49.7 Å². The summed E-state index contributed by atoms with van der Waals surface area (Å²) in [6.45, 7) is 4.53. The van der Waals surface area contributed by atoms with Crippen molar-refractivity contribution in [3.8, 4) is 11.3 Å². The van der Waals surface area contributed by atoms with E-state index in [4.69, 9.17) is 4.74 Å². The fourth-order valence-corrected chi connectivity index (χ4v) is 3.89. The van der Waals surface area contributed by atoms with Gasteiger partial charge in [-0.25, -0.2) is 4.68 Å². The molecule has 148 valence electrons. The van der Waals surface area contributed by atoms with E-state index in [1.165, 1.54) is 0 Å². The summed E-state index contributed by atoms with van der Waals surface area (Å²) in [7, 11) is 0. The first-order chi connectivity index (χ1) is 13.7. The number of amides is 1. The average Bonchev–Trinajstić information content (AvgIpc) is 3.17. The van der Waals surface area contributed by atoms with E-state index in [1.807, 2.05) is 17.0 Å². The average molecular weight is 383 g/mol. The van der Waals surface area contributed by atoms with E-state index in [2.05, 4.69) is 15.0 Å². The van der Waals surface area contributed by atoms with Crippen LogP contribution in [0.4, 0.5) is 0 Å². The predicted octanol–water partition coefficient (Wildman–Crippen LogP) is 0.629. The van der Waals surface area contributed by atoms with Crippen LogP contribution in [0, 0.1) is 0 Å². The number of carbonyl (C=O) groups excluding carboxylic acids is 1. The van der Waals surface area contributed by atoms with Gasteiger partial charge >= 0.3 is 0 Å². The first-order valence-electron chi connectivity index (χ1n) is 9.79. The molecule has 0 radical (unpaired) electrons. The number of pyridine rings is 1. The van der Waals surface area contributed by atoms with Gasteiger partial charge in [-0.15, -0.1) is 0 Å². The van der Waals surface area contributed by atoms with Crippen molar-refractivity contribution in [1.82, 2.24) is 24.6 Å². The van der Waals surface area contributed by atoms with Crippen molar-refractivity contribution in [2.24, 2.45) is 0 Å². The number of aromatic nitrogens is 3. The third kappa shape index (κ3) is 4.28. The van der Waals surface area contributed by atoms with E-state index in [-0.39, 0.29) is 24.1 Å². The second kappa shape index (κ2) is 8.62. The Bertz CT molecular complexity index is 870. The quantitative estimate of drug-likeness (QED) is 0.728. The highest BCUT2D eigenvalue weighted by Gasteiger charge is 2.27. The summed E-state index contributed by atoms with van der Waals surface area (Å²) in [5.41, 5.74) is 1.62. The monoisotopic (exact) mass is 383 g/mol. The normalized spacial score (nSPS) is 20.6. The van der Waals surface area contributed by atoms with Crippen LogP contribution in [-0.2, 0) is 16.1 Å². The molecule has 8 nitrogen and oxygen atoms in total. The zero-order valence-electron chi connectivity index (χ0n) is 15.9. The zero-order chi connectivity index (χ0) is 19.3. The number of hydrogen-bond donors (Lipinski definition) is 0. The van der Waals surface area contributed by atoms with Gasteiger partial charge < -0.3 is 9.64 Å². The third-order valence-electron chi connectivity index (χ3n) is 5.47. The molecule has 0 spiro atoms. The van der Waals surface area contributed by atoms with Gasteiger partial charge in [0.05, 0.1) is 18.8 Å². The highest BCUT2D eigenvalue weighted by Crippen LogP contribution is 2.19. The molecule has 2 aromatic rings. The molecule has 28 heavy (non-hydrogen) atoms. The Balaban J connectivity index is 1.43. The lowest BCUT2D eigenvalue weighted by Gasteiger charge is -2.31. The zero-order valence-corrected chi connectivity index (χ0v) is 15.9. The molecule has 0 N–H and O–H groups in total. The Labute approximate surface area is 163 Å². The molecule has 2 aliphatic rings. The highest BCUT2D eigenvalue weighted by molar-refractivity contribution is 5.77. The van der Waals surface area contributed by atoms with Crippen LogP contribution in [0.2, 0.25) is 0 Å². The Morgan fingerprint density at radius 1 is 1.07 bits per heavy atom. The van der Waals surface area contributed by atoms with Crippen LogP contribution in [0.15, 0.2) is 41.5 Å². The molecule has 0 aromatic carbocycles. The smallest absolute Gasteiger partial charge is 0.266 e. The number of likely N-dealkylation sites (tertiary alicyclic amines) is 1. The van der Waals surface area contributed by atoms with E-state index in [1.54, 1.807) is 29.2 Å². The number of hydrogen-bond acceptors (Lipinski definition) is 6. The maximum Gasteiger partial charge on any atom is 0.266 e. The van der Waals surface area contributed by atoms with Crippen LogP contribution in [0.25, 0.3) is 11.3 Å². The summed E-state index contributed by atoms with van der Waals surface area (Å²) in [6.07, 6.45) is 5.57. The van der Waals surface area contributed by atoms with Gasteiger partial charge in [0.15, 0.2) is 0 Å². The van der Waals surface area contributed by atoms with Crippen LogP contribution in [-0.4, -0.2) is 75.9 Å². The summed E-state index contributed by atoms with van der Waals surface area (Å²) in [5, 5.41) is 4.57. The molecule has 4 heterocycles. The first kappa shape index (κ1) is 18.8. The van der Waals surface area contributed by atoms with Gasteiger partial charge in [0.1, 0.15) is 6.61 Å². The lowest BCUT2D eigenvalue weighted by atomic mass is 10.2. The lowest BCUT2D eigenvalue weighted by molar-refractivity contribution is -0.142. The molecule has 0 saturated carbocycles. The van der Waals surface area contributed by atoms with Crippen molar-refractivity contribution in [1.29, 1.82) is 0 Å². The number of ether oxygens (including phenoxy) is 1. The fraction of sp³-hybridized carbons (Fsp3) is 0.500. The number of rotatable bonds is 6. The molecule has 2 aliphatic heterocycles. The fourth-order valence-electron chi connectivity index (χ4n) is 3.89. The van der Waals surface area contributed by atoms with Crippen LogP contribution in [0.1, 0.15) is 12.8 Å². The van der Waals surface area contributed by atoms with E-state index in [9.17, 15) is 9.59 Å². The molecule has 1 atom stereocenters. The Kier molecular flexibility index (Phi) is 5.78. The van der Waals surface area contributed by atoms with Gasteiger partial charge in [-0.1, -0.05) is 0 Å². The molecule has 0 bridgehead atoms. The molecule has 2 fully saturated rings. The molecule has 8 heteroatoms. The van der Waals surface area contributed by atoms with E-state index >= 15 is 0 Å². The minimum Gasteiger partial charge on any atom is -0.370 e. The van der Waals surface area contributed by atoms with Crippen LogP contribution >= 0.6 is 0 Å². The largest absolute Gasteiger partial charge is 0.370 e. The second-order valence-electron chi connectivity index (χ2n) is 7.24. The molecule has 0 aliphatic carbocycles. The maximum atomic E-state index is 12.3. The molecule has 2 saturated heterocycles. The number of morpholine rings is 1. The molecular formula is C20H25N5O3. The number of nitrogens with zero attached hydrogens (tertiary/aromatic N) is 5. The van der Waals surface area contributed by atoms with E-state index in [0.29, 0.717) is 26.2 Å². The second-order valence-corrected chi connectivity index (χ2v) is 7.24. The van der Waals surface area contributed by atoms with Crippen LogP contribution in [0.5, 0.6) is 0 Å². The van der Waals surface area contributed by atoms with Crippen LogP contribution < -0.4 is 5.56 Å². The summed E-state index contributed by atoms with van der Waals surface area (Å²) >= 11 is 0. The first-order valence-corrected chi connectivity index (χ1v) is 9.79. The van der Waals surface area contributed by atoms with Crippen molar-refractivity contribution in [2.75, 3.05) is 39.4 Å². The topological polar surface area (TPSA) is 80.6 Å². The van der Waals surface area contributed by atoms with Gasteiger partial charge in [0.2, 0.25) is 5.91 Å². The van der Waals surface area contributed by atoms with Crippen molar-refractivity contribution >= 4 is 5.91 Å². The molecule has 2 aromatic heterocycles. The summed E-state index contributed by atoms with van der Waals surface area (Å²) in [6, 6.07) is 7.37. The van der Waals surface area contributed by atoms with Crippen LogP contribution in [0.3, 0.4) is 0 Å². The number of carbonyl (C=O) groups is 1. The SMILES string of the molecule is O=C1COCCN1CCN1CCCC1Cn1nc(-c2ccncc2)ccc1=O. The van der Waals surface area contributed by atoms with Crippen molar-refractivity contribution in [2.45, 2.75) is 25.4 Å². The molecule has 4 rings (SSSR count). The molecule has 1 amide bonds. The maximum absolute atomic E-state index is 12.3. The Hall–Kier alpha value is -2.58. The summed E-state index contributed by atoms with van der Waals surface area (Å²) < 4.78 is 6.76. The molecule has 1 unspecified atom stereocenters. The lowest BCUT2D eigenvalue weighted by Crippen LogP contribution is -2.46. The third-order valence-corrected chi connectivity index (χ3v) is 5.47. The minimum atomic E-state index is -0.0898. The van der Waals surface area contributed by atoms with Crippen molar-refractivity contribution in [3.05, 3.63) is 47.0 Å². The van der Waals surface area contributed by atoms with Gasteiger partial charge in [-0.3, -0.25) is 19.5 Å². The van der Waals surface area contributed by atoms with Crippen molar-refractivity contribution < 1.29 is 9.53 Å². The summed E-state index contributed by atoms with van der Waals surface area (Å²) in [4.78, 5) is 32.5. The Morgan fingerprint density at radius 3 is 2.75 bits per heavy atom. The van der Waals surface area contributed by atoms with Gasteiger partial charge in [-0.05, 0) is 37.6 Å². The highest BCUT2D eigenvalue weighted by atomic mass is 16.5. The summed E-state index contributed by atoms with van der Waals surface area (Å²) in [5.74, 6) is 0.0601. The van der Waals surface area contributed by atoms with Crippen molar-refractivity contribution in [3.63, 3.8) is 0 Å². The molecular weight excluding hydrogens is 358 g/mol. The van der Waals surface area contributed by atoms with Gasteiger partial charge in [0.25, 0.3) is 5.56 Å². The predicted molar refractivity (Wildman–Crippen MR) is 104 cm³/mol. The standard InChI is InChI=1S/C20H25N5O3/c26-19-4-3-18(16-5-7-21-8-6-16)22-25(19)14-17-2-1-9-23(17)10-11-24-12-13-28-15-20(24)27/h3-8,17H,1-2,9-15H2. The van der Waals surface area contributed by atoms with E-state index in [0.717, 1.165) is 37.2 Å². The minimum absolute atomic E-state index is 0.0601. The van der Waals surface area contributed by atoms with Gasteiger partial charge in [-0.2, -0.15) is 5.10 Å². The Morgan fingerprint density at radius 2 is 1.93 bits per heavy atom. The van der Waals surface area contributed by atoms with E-state index < -0.39 is 0 Å².